The SMILES string of the molecule is Cc1ccc(F)c(-c2[nH]nc(N)c2-c2ccccc2Cl)c1. The van der Waals surface area contributed by atoms with Crippen LogP contribution in [-0.4, -0.2) is 10.2 Å². The molecule has 106 valence electrons. The Hall–Kier alpha value is -2.33. The first-order chi connectivity index (χ1) is 10.1. The number of hydrogen-bond acceptors (Lipinski definition) is 2. The van der Waals surface area contributed by atoms with E-state index in [2.05, 4.69) is 10.2 Å². The number of nitrogens with two attached hydrogens (primary N) is 1. The lowest BCUT2D eigenvalue weighted by atomic mass is 9.99. The van der Waals surface area contributed by atoms with E-state index >= 15 is 0 Å². The molecular formula is C16H13ClFN3. The highest BCUT2D eigenvalue weighted by atomic mass is 35.5. The van der Waals surface area contributed by atoms with Crippen LogP contribution in [0.25, 0.3) is 22.4 Å². The largest absolute Gasteiger partial charge is 0.382 e. The molecule has 0 unspecified atom stereocenters. The first-order valence-corrected chi connectivity index (χ1v) is 6.81. The topological polar surface area (TPSA) is 54.7 Å². The summed E-state index contributed by atoms with van der Waals surface area (Å²) in [5, 5.41) is 7.36. The van der Waals surface area contributed by atoms with Crippen LogP contribution < -0.4 is 5.73 Å². The van der Waals surface area contributed by atoms with Gasteiger partial charge in [-0.15, -0.1) is 0 Å². The van der Waals surface area contributed by atoms with Gasteiger partial charge in [0.2, 0.25) is 0 Å². The fourth-order valence-corrected chi connectivity index (χ4v) is 2.55. The van der Waals surface area contributed by atoms with Gasteiger partial charge in [0.05, 0.1) is 11.3 Å². The summed E-state index contributed by atoms with van der Waals surface area (Å²) >= 11 is 6.23. The highest BCUT2D eigenvalue weighted by Gasteiger charge is 2.19. The van der Waals surface area contributed by atoms with E-state index < -0.39 is 0 Å². The summed E-state index contributed by atoms with van der Waals surface area (Å²) in [6, 6.07) is 12.2. The highest BCUT2D eigenvalue weighted by Crippen LogP contribution is 2.39. The second-order valence-electron chi connectivity index (χ2n) is 4.82. The number of H-pyrrole nitrogens is 1. The van der Waals surface area contributed by atoms with Gasteiger partial charge in [0.1, 0.15) is 5.82 Å². The Bertz CT molecular complexity index is 811. The molecule has 0 saturated carbocycles. The summed E-state index contributed by atoms with van der Waals surface area (Å²) < 4.78 is 14.1. The molecule has 3 N–H and O–H groups in total. The molecule has 5 heteroatoms. The first-order valence-electron chi connectivity index (χ1n) is 6.43. The third kappa shape index (κ3) is 2.38. The molecule has 3 nitrogen and oxygen atoms in total. The van der Waals surface area contributed by atoms with E-state index in [1.54, 1.807) is 18.2 Å². The zero-order chi connectivity index (χ0) is 15.0. The number of nitrogen functional groups attached to an aromatic ring is 1. The van der Waals surface area contributed by atoms with Crippen LogP contribution in [0.15, 0.2) is 42.5 Å². The minimum absolute atomic E-state index is 0.291. The van der Waals surface area contributed by atoms with Crippen LogP contribution in [0.2, 0.25) is 5.02 Å². The predicted molar refractivity (Wildman–Crippen MR) is 83.6 cm³/mol. The number of hydrogen-bond donors (Lipinski definition) is 2. The Labute approximate surface area is 126 Å². The first kappa shape index (κ1) is 13.6. The molecule has 3 rings (SSSR count). The van der Waals surface area contributed by atoms with Gasteiger partial charge in [-0.1, -0.05) is 41.4 Å². The fraction of sp³-hybridized carbons (Fsp3) is 0.0625. The lowest BCUT2D eigenvalue weighted by Gasteiger charge is -2.08. The van der Waals surface area contributed by atoms with Gasteiger partial charge in [0, 0.05) is 16.1 Å². The van der Waals surface area contributed by atoms with Crippen molar-refractivity contribution in [3.05, 3.63) is 58.9 Å². The van der Waals surface area contributed by atoms with Crippen molar-refractivity contribution < 1.29 is 4.39 Å². The van der Waals surface area contributed by atoms with E-state index in [0.717, 1.165) is 11.1 Å². The van der Waals surface area contributed by atoms with Crippen molar-refractivity contribution in [2.75, 3.05) is 5.73 Å². The molecule has 0 spiro atoms. The number of halogens is 2. The lowest BCUT2D eigenvalue weighted by molar-refractivity contribution is 0.630. The molecule has 1 heterocycles. The average molecular weight is 302 g/mol. The molecule has 0 fully saturated rings. The molecule has 0 aliphatic rings. The van der Waals surface area contributed by atoms with Crippen molar-refractivity contribution in [3.8, 4) is 22.4 Å². The number of benzene rings is 2. The van der Waals surface area contributed by atoms with E-state index in [9.17, 15) is 4.39 Å². The van der Waals surface area contributed by atoms with Crippen molar-refractivity contribution in [3.63, 3.8) is 0 Å². The number of nitrogens with one attached hydrogen (secondary N) is 1. The maximum atomic E-state index is 14.1. The van der Waals surface area contributed by atoms with Crippen LogP contribution in [0, 0.1) is 12.7 Å². The summed E-state index contributed by atoms with van der Waals surface area (Å²) in [6.45, 7) is 1.90. The van der Waals surface area contributed by atoms with Crippen molar-refractivity contribution in [1.82, 2.24) is 10.2 Å². The van der Waals surface area contributed by atoms with Crippen LogP contribution in [0.5, 0.6) is 0 Å². The van der Waals surface area contributed by atoms with Crippen LogP contribution in [-0.2, 0) is 0 Å². The van der Waals surface area contributed by atoms with Crippen LogP contribution in [0.1, 0.15) is 5.56 Å². The number of aromatic amines is 1. The summed E-state index contributed by atoms with van der Waals surface area (Å²) in [6.07, 6.45) is 0. The van der Waals surface area contributed by atoms with Gasteiger partial charge in [0.25, 0.3) is 0 Å². The summed E-state index contributed by atoms with van der Waals surface area (Å²) in [7, 11) is 0. The number of aryl methyl sites for hydroxylation is 1. The Morgan fingerprint density at radius 2 is 1.90 bits per heavy atom. The lowest BCUT2D eigenvalue weighted by Crippen LogP contribution is -1.91. The summed E-state index contributed by atoms with van der Waals surface area (Å²) in [5.41, 5.74) is 9.19. The zero-order valence-electron chi connectivity index (χ0n) is 11.3. The number of aromatic nitrogens is 2. The molecule has 3 aromatic rings. The van der Waals surface area contributed by atoms with Gasteiger partial charge >= 0.3 is 0 Å². The van der Waals surface area contributed by atoms with Crippen molar-refractivity contribution in [2.24, 2.45) is 0 Å². The zero-order valence-corrected chi connectivity index (χ0v) is 12.1. The monoisotopic (exact) mass is 301 g/mol. The average Bonchev–Trinajstić information content (AvgIpc) is 2.84. The summed E-state index contributed by atoms with van der Waals surface area (Å²) in [4.78, 5) is 0. The third-order valence-electron chi connectivity index (χ3n) is 3.33. The molecule has 0 radical (unpaired) electrons. The minimum atomic E-state index is -0.336. The van der Waals surface area contributed by atoms with E-state index in [-0.39, 0.29) is 5.82 Å². The molecular weight excluding hydrogens is 289 g/mol. The molecule has 21 heavy (non-hydrogen) atoms. The van der Waals surface area contributed by atoms with Crippen molar-refractivity contribution >= 4 is 17.4 Å². The van der Waals surface area contributed by atoms with Gasteiger partial charge in [-0.2, -0.15) is 5.10 Å². The predicted octanol–water partition coefficient (Wildman–Crippen LogP) is 4.43. The number of rotatable bonds is 2. The number of nitrogens with zero attached hydrogens (tertiary/aromatic N) is 1. The quantitative estimate of drug-likeness (QED) is 0.736. The maximum Gasteiger partial charge on any atom is 0.153 e. The van der Waals surface area contributed by atoms with Crippen LogP contribution >= 0.6 is 11.6 Å². The second kappa shape index (κ2) is 5.22. The van der Waals surface area contributed by atoms with Crippen LogP contribution in [0.4, 0.5) is 10.2 Å². The third-order valence-corrected chi connectivity index (χ3v) is 3.66. The molecule has 0 aliphatic heterocycles. The van der Waals surface area contributed by atoms with Crippen molar-refractivity contribution in [1.29, 1.82) is 0 Å². The van der Waals surface area contributed by atoms with Gasteiger partial charge in [0.15, 0.2) is 5.82 Å². The van der Waals surface area contributed by atoms with Gasteiger partial charge < -0.3 is 5.73 Å². The Balaban J connectivity index is 2.27. The van der Waals surface area contributed by atoms with Crippen LogP contribution in [0.3, 0.4) is 0 Å². The van der Waals surface area contributed by atoms with E-state index in [1.165, 1.54) is 6.07 Å². The Kier molecular flexibility index (Phi) is 3.39. The maximum absolute atomic E-state index is 14.1. The second-order valence-corrected chi connectivity index (χ2v) is 5.23. The van der Waals surface area contributed by atoms with Gasteiger partial charge in [-0.25, -0.2) is 4.39 Å². The van der Waals surface area contributed by atoms with E-state index in [0.29, 0.717) is 27.7 Å². The van der Waals surface area contributed by atoms with E-state index in [4.69, 9.17) is 17.3 Å². The Morgan fingerprint density at radius 3 is 2.67 bits per heavy atom. The summed E-state index contributed by atoms with van der Waals surface area (Å²) in [5.74, 6) is -0.0449. The van der Waals surface area contributed by atoms with Crippen molar-refractivity contribution in [2.45, 2.75) is 6.92 Å². The van der Waals surface area contributed by atoms with E-state index in [1.807, 2.05) is 25.1 Å². The number of anilines is 1. The molecule has 0 aliphatic carbocycles. The smallest absolute Gasteiger partial charge is 0.153 e. The molecule has 1 aromatic heterocycles. The molecule has 2 aromatic carbocycles. The standard InChI is InChI=1S/C16H13ClFN3/c1-9-6-7-13(18)11(8-9)15-14(16(19)21-20-15)10-4-2-3-5-12(10)17/h2-8H,1H3,(H3,19,20,21). The normalized spacial score (nSPS) is 10.8. The highest BCUT2D eigenvalue weighted by molar-refractivity contribution is 6.33. The molecule has 0 bridgehead atoms. The van der Waals surface area contributed by atoms with Gasteiger partial charge in [-0.05, 0) is 25.1 Å². The molecule has 0 amide bonds. The minimum Gasteiger partial charge on any atom is -0.382 e. The van der Waals surface area contributed by atoms with Gasteiger partial charge in [-0.3, -0.25) is 5.10 Å². The molecule has 0 saturated heterocycles. The fourth-order valence-electron chi connectivity index (χ4n) is 2.32. The Morgan fingerprint density at radius 1 is 1.14 bits per heavy atom. The molecule has 0 atom stereocenters.